The Hall–Kier alpha value is -0.935. The third-order valence-corrected chi connectivity index (χ3v) is 3.28. The molecule has 2 heterocycles. The Morgan fingerprint density at radius 2 is 1.82 bits per heavy atom. The Labute approximate surface area is 111 Å². The fraction of sp³-hybridized carbons (Fsp3) is 0.667. The van der Waals surface area contributed by atoms with E-state index in [9.17, 15) is 0 Å². The molecule has 1 saturated heterocycles. The molecule has 2 rings (SSSR count). The Morgan fingerprint density at radius 3 is 2.35 bits per heavy atom. The van der Waals surface area contributed by atoms with Crippen molar-refractivity contribution in [1.82, 2.24) is 9.97 Å². The van der Waals surface area contributed by atoms with E-state index in [0.717, 1.165) is 6.20 Å². The second-order valence-corrected chi connectivity index (χ2v) is 5.08. The predicted molar refractivity (Wildman–Crippen MR) is 67.2 cm³/mol. The van der Waals surface area contributed by atoms with Gasteiger partial charge in [0.25, 0.3) is 0 Å². The molecule has 0 atom stereocenters. The SMILES string of the molecule is [2H]C([2H])([2H])c1cnc(C([2H])([2H])[2H])c(B2OC(C)(C)C(C)(C)O2)n1. The van der Waals surface area contributed by atoms with Crippen molar-refractivity contribution in [3.05, 3.63) is 17.6 Å². The first-order valence-electron chi connectivity index (χ1n) is 8.39. The van der Waals surface area contributed by atoms with Crippen LogP contribution in [0.1, 0.15) is 47.3 Å². The summed E-state index contributed by atoms with van der Waals surface area (Å²) >= 11 is 0. The Kier molecular flexibility index (Phi) is 1.53. The minimum absolute atomic E-state index is 0.114. The van der Waals surface area contributed by atoms with Crippen molar-refractivity contribution in [3.8, 4) is 0 Å². The van der Waals surface area contributed by atoms with E-state index in [1.54, 1.807) is 0 Å². The molecule has 1 fully saturated rings. The van der Waals surface area contributed by atoms with Crippen LogP contribution in [0.5, 0.6) is 0 Å². The minimum Gasteiger partial charge on any atom is -0.398 e. The average Bonchev–Trinajstić information content (AvgIpc) is 2.55. The third-order valence-electron chi connectivity index (χ3n) is 3.28. The molecule has 92 valence electrons. The monoisotopic (exact) mass is 240 g/mol. The lowest BCUT2D eigenvalue weighted by atomic mass is 9.83. The highest BCUT2D eigenvalue weighted by Crippen LogP contribution is 2.36. The highest BCUT2D eigenvalue weighted by molar-refractivity contribution is 6.61. The summed E-state index contributed by atoms with van der Waals surface area (Å²) in [6.45, 7) is 2.18. The van der Waals surface area contributed by atoms with Gasteiger partial charge in [-0.1, -0.05) is 0 Å². The number of aryl methyl sites for hydroxylation is 2. The maximum atomic E-state index is 7.58. The summed E-state index contributed by atoms with van der Waals surface area (Å²) in [6, 6.07) is 0. The van der Waals surface area contributed by atoms with Gasteiger partial charge in [0.2, 0.25) is 0 Å². The molecule has 0 unspecified atom stereocenters. The molecule has 4 nitrogen and oxygen atoms in total. The molecule has 1 aromatic rings. The van der Waals surface area contributed by atoms with Gasteiger partial charge in [0.1, 0.15) is 0 Å². The zero-order chi connectivity index (χ0) is 17.8. The van der Waals surface area contributed by atoms with Gasteiger partial charge in [-0.2, -0.15) is 0 Å². The first-order valence-corrected chi connectivity index (χ1v) is 5.39. The van der Waals surface area contributed by atoms with Crippen LogP contribution in [-0.2, 0) is 9.31 Å². The minimum atomic E-state index is -2.56. The van der Waals surface area contributed by atoms with Crippen LogP contribution in [0, 0.1) is 13.7 Å². The van der Waals surface area contributed by atoms with Crippen molar-refractivity contribution in [2.75, 3.05) is 0 Å². The first kappa shape index (κ1) is 6.85. The van der Waals surface area contributed by atoms with E-state index in [1.165, 1.54) is 0 Å². The van der Waals surface area contributed by atoms with Crippen LogP contribution in [-0.4, -0.2) is 28.3 Å². The Balaban J connectivity index is 2.56. The molecular formula is C12H19BN2O2. The third kappa shape index (κ3) is 2.09. The lowest BCUT2D eigenvalue weighted by Gasteiger charge is -2.32. The zero-order valence-corrected chi connectivity index (χ0v) is 10.4. The van der Waals surface area contributed by atoms with Gasteiger partial charge in [-0.05, 0) is 41.4 Å². The van der Waals surface area contributed by atoms with Crippen LogP contribution in [0.25, 0.3) is 0 Å². The molecule has 1 aliphatic heterocycles. The van der Waals surface area contributed by atoms with Crippen LogP contribution in [0.15, 0.2) is 6.20 Å². The number of nitrogens with zero attached hydrogens (tertiary/aromatic N) is 2. The van der Waals surface area contributed by atoms with Crippen molar-refractivity contribution >= 4 is 12.7 Å². The van der Waals surface area contributed by atoms with Gasteiger partial charge in [-0.25, -0.2) is 0 Å². The molecule has 0 saturated carbocycles. The van der Waals surface area contributed by atoms with Crippen LogP contribution in [0.4, 0.5) is 0 Å². The predicted octanol–water partition coefficient (Wildman–Crippen LogP) is 1.39. The van der Waals surface area contributed by atoms with Crippen molar-refractivity contribution in [2.45, 2.75) is 52.6 Å². The van der Waals surface area contributed by atoms with Gasteiger partial charge in [0.05, 0.1) is 28.2 Å². The van der Waals surface area contributed by atoms with Crippen LogP contribution >= 0.6 is 0 Å². The molecule has 5 heteroatoms. The zero-order valence-electron chi connectivity index (χ0n) is 16.4. The van der Waals surface area contributed by atoms with E-state index in [0.29, 0.717) is 0 Å². The summed E-state index contributed by atoms with van der Waals surface area (Å²) in [5.74, 6) is 0. The normalized spacial score (nSPS) is 28.6. The number of hydrogen-bond acceptors (Lipinski definition) is 4. The Bertz CT molecular complexity index is 599. The summed E-state index contributed by atoms with van der Waals surface area (Å²) < 4.78 is 56.6. The molecule has 0 aromatic carbocycles. The molecule has 1 aromatic heterocycles. The van der Waals surface area contributed by atoms with Gasteiger partial charge in [-0.15, -0.1) is 0 Å². The number of hydrogen-bond donors (Lipinski definition) is 0. The molecule has 1 aliphatic rings. The van der Waals surface area contributed by atoms with Crippen LogP contribution in [0.3, 0.4) is 0 Å². The standard InChI is InChI=1S/C12H19BN2O2/c1-8-7-14-9(2)10(15-8)13-16-11(3,4)12(5,6)17-13/h7H,1-6H3/i1D3,2D3. The molecule has 0 bridgehead atoms. The summed E-state index contributed by atoms with van der Waals surface area (Å²) in [4.78, 5) is 7.80. The highest BCUT2D eigenvalue weighted by Gasteiger charge is 2.52. The molecule has 17 heavy (non-hydrogen) atoms. The van der Waals surface area contributed by atoms with E-state index in [4.69, 9.17) is 17.5 Å². The fourth-order valence-electron chi connectivity index (χ4n) is 1.52. The molecule has 0 radical (unpaired) electrons. The topological polar surface area (TPSA) is 44.2 Å². The number of aromatic nitrogens is 2. The van der Waals surface area contributed by atoms with Gasteiger partial charge in [-0.3, -0.25) is 9.97 Å². The highest BCUT2D eigenvalue weighted by atomic mass is 16.7. The largest absolute Gasteiger partial charge is 0.516 e. The summed E-state index contributed by atoms with van der Waals surface area (Å²) in [5, 5.41) is 0. The second kappa shape index (κ2) is 3.78. The van der Waals surface area contributed by atoms with E-state index >= 15 is 0 Å². The lowest BCUT2D eigenvalue weighted by molar-refractivity contribution is 0.00578. The second-order valence-electron chi connectivity index (χ2n) is 5.08. The van der Waals surface area contributed by atoms with E-state index in [1.807, 2.05) is 27.7 Å². The van der Waals surface area contributed by atoms with Gasteiger partial charge in [0.15, 0.2) is 0 Å². The van der Waals surface area contributed by atoms with Gasteiger partial charge >= 0.3 is 7.12 Å². The maximum Gasteiger partial charge on any atom is 0.516 e. The van der Waals surface area contributed by atoms with Crippen molar-refractivity contribution < 1.29 is 17.5 Å². The Morgan fingerprint density at radius 1 is 1.18 bits per heavy atom. The van der Waals surface area contributed by atoms with Gasteiger partial charge in [0, 0.05) is 14.4 Å². The maximum absolute atomic E-state index is 7.58. The summed E-state index contributed by atoms with van der Waals surface area (Å²) in [7, 11) is -1.09. The van der Waals surface area contributed by atoms with E-state index in [2.05, 4.69) is 9.97 Å². The summed E-state index contributed by atoms with van der Waals surface area (Å²) in [6.07, 6.45) is 0.962. The molecule has 0 amide bonds. The molecule has 0 N–H and O–H groups in total. The van der Waals surface area contributed by atoms with Crippen LogP contribution < -0.4 is 5.59 Å². The molecule has 0 aliphatic carbocycles. The molecular weight excluding hydrogens is 215 g/mol. The number of rotatable bonds is 1. The van der Waals surface area contributed by atoms with Crippen molar-refractivity contribution in [2.24, 2.45) is 0 Å². The first-order chi connectivity index (χ1) is 10.2. The average molecular weight is 240 g/mol. The van der Waals surface area contributed by atoms with E-state index in [-0.39, 0.29) is 17.0 Å². The molecule has 0 spiro atoms. The van der Waals surface area contributed by atoms with Crippen molar-refractivity contribution in [3.63, 3.8) is 0 Å². The van der Waals surface area contributed by atoms with Crippen molar-refractivity contribution in [1.29, 1.82) is 0 Å². The fourth-order valence-corrected chi connectivity index (χ4v) is 1.52. The quantitative estimate of drug-likeness (QED) is 0.696. The smallest absolute Gasteiger partial charge is 0.398 e. The lowest BCUT2D eigenvalue weighted by Crippen LogP contribution is -2.41. The summed E-state index contributed by atoms with van der Waals surface area (Å²) in [5.41, 5.74) is -2.14. The van der Waals surface area contributed by atoms with Gasteiger partial charge < -0.3 is 9.31 Å². The van der Waals surface area contributed by atoms with E-state index < -0.39 is 32.0 Å². The van der Waals surface area contributed by atoms with Crippen LogP contribution in [0.2, 0.25) is 0 Å².